The summed E-state index contributed by atoms with van der Waals surface area (Å²) in [6.45, 7) is 0. The molecule has 16 heavy (non-hydrogen) atoms. The number of carboxylic acids is 1. The minimum atomic E-state index is -1.25. The number of aliphatic carboxylic acids is 1. The number of rotatable bonds is 1. The second-order valence-corrected chi connectivity index (χ2v) is 3.57. The number of carbonyl (C=O) groups is 1. The van der Waals surface area contributed by atoms with Crippen molar-refractivity contribution >= 4 is 11.5 Å². The third-order valence-electron chi connectivity index (χ3n) is 2.67. The highest BCUT2D eigenvalue weighted by Gasteiger charge is 2.23. The van der Waals surface area contributed by atoms with Crippen LogP contribution < -0.4 is 0 Å². The number of hydrogen-bond donors (Lipinski definition) is 1. The number of halogens is 1. The maximum atomic E-state index is 13.1. The lowest BCUT2D eigenvalue weighted by molar-refractivity contribution is -0.132. The minimum absolute atomic E-state index is 0.288. The van der Waals surface area contributed by atoms with E-state index in [1.807, 2.05) is 0 Å². The second kappa shape index (κ2) is 3.78. The molecule has 0 radical (unpaired) electrons. The molecule has 0 unspecified atom stereocenters. The molecule has 0 atom stereocenters. The zero-order valence-corrected chi connectivity index (χ0v) is 8.33. The molecule has 0 aliphatic heterocycles. The Labute approximate surface area is 91.4 Å². The lowest BCUT2D eigenvalue weighted by Crippen LogP contribution is -2.01. The van der Waals surface area contributed by atoms with Crippen molar-refractivity contribution < 1.29 is 14.3 Å². The first-order valence-electron chi connectivity index (χ1n) is 4.79. The van der Waals surface area contributed by atoms with E-state index in [9.17, 15) is 9.18 Å². The Kier molecular flexibility index (Phi) is 2.45. The number of nitrogens with zero attached hydrogens (tertiary/aromatic N) is 1. The summed E-state index contributed by atoms with van der Waals surface area (Å²) in [5.41, 5.74) is 1.60. The molecule has 0 fully saturated rings. The molecule has 0 spiro atoms. The quantitative estimate of drug-likeness (QED) is 0.579. The summed E-state index contributed by atoms with van der Waals surface area (Å²) in [7, 11) is 0. The summed E-state index contributed by atoms with van der Waals surface area (Å²) in [5, 5.41) is 17.6. The van der Waals surface area contributed by atoms with Crippen LogP contribution in [0.25, 0.3) is 5.57 Å². The topological polar surface area (TPSA) is 61.1 Å². The molecule has 1 aromatic carbocycles. The molecule has 0 aromatic heterocycles. The van der Waals surface area contributed by atoms with Crippen molar-refractivity contribution in [3.63, 3.8) is 0 Å². The fourth-order valence-corrected chi connectivity index (χ4v) is 1.95. The Morgan fingerprint density at radius 1 is 1.44 bits per heavy atom. The molecule has 1 aliphatic rings. The lowest BCUT2D eigenvalue weighted by Gasteiger charge is -2.02. The Hall–Kier alpha value is -2.15. The summed E-state index contributed by atoms with van der Waals surface area (Å²) in [5.74, 6) is -1.67. The van der Waals surface area contributed by atoms with Crippen molar-refractivity contribution in [2.45, 2.75) is 12.8 Å². The van der Waals surface area contributed by atoms with E-state index < -0.39 is 11.8 Å². The van der Waals surface area contributed by atoms with Gasteiger partial charge in [0.05, 0.1) is 0 Å². The van der Waals surface area contributed by atoms with E-state index in [4.69, 9.17) is 10.4 Å². The van der Waals surface area contributed by atoms with Gasteiger partial charge < -0.3 is 5.11 Å². The van der Waals surface area contributed by atoms with Gasteiger partial charge in [-0.2, -0.15) is 5.26 Å². The van der Waals surface area contributed by atoms with Gasteiger partial charge >= 0.3 is 5.97 Å². The van der Waals surface area contributed by atoms with Crippen LogP contribution in [0.15, 0.2) is 23.8 Å². The molecule has 0 bridgehead atoms. The molecule has 80 valence electrons. The smallest absolute Gasteiger partial charge is 0.346 e. The highest BCUT2D eigenvalue weighted by atomic mass is 19.1. The van der Waals surface area contributed by atoms with Gasteiger partial charge in [-0.05, 0) is 41.7 Å². The van der Waals surface area contributed by atoms with Crippen LogP contribution in [0.2, 0.25) is 0 Å². The van der Waals surface area contributed by atoms with Crippen molar-refractivity contribution in [1.82, 2.24) is 0 Å². The average molecular weight is 217 g/mol. The third-order valence-corrected chi connectivity index (χ3v) is 2.67. The average Bonchev–Trinajstić information content (AvgIpc) is 2.62. The lowest BCUT2D eigenvalue weighted by atomic mass is 10.0. The zero-order valence-electron chi connectivity index (χ0n) is 8.33. The van der Waals surface area contributed by atoms with Crippen LogP contribution in [0, 0.1) is 17.1 Å². The number of fused-ring (bicyclic) bond motifs is 1. The number of allylic oxidation sites excluding steroid dienone is 1. The number of carboxylic acid groups (broad SMARTS) is 1. The fraction of sp³-hybridized carbons (Fsp3) is 0.167. The molecule has 0 amide bonds. The van der Waals surface area contributed by atoms with Crippen LogP contribution in [-0.2, 0) is 11.2 Å². The van der Waals surface area contributed by atoms with E-state index in [2.05, 4.69) is 0 Å². The molecule has 3 nitrogen and oxygen atoms in total. The maximum absolute atomic E-state index is 13.1. The van der Waals surface area contributed by atoms with E-state index in [1.54, 1.807) is 12.1 Å². The first-order chi connectivity index (χ1) is 7.63. The van der Waals surface area contributed by atoms with Crippen molar-refractivity contribution in [2.75, 3.05) is 0 Å². The van der Waals surface area contributed by atoms with Crippen LogP contribution in [0.3, 0.4) is 0 Å². The van der Waals surface area contributed by atoms with E-state index >= 15 is 0 Å². The van der Waals surface area contributed by atoms with Crippen molar-refractivity contribution in [2.24, 2.45) is 0 Å². The molecular weight excluding hydrogens is 209 g/mol. The number of aryl methyl sites for hydroxylation is 1. The highest BCUT2D eigenvalue weighted by molar-refractivity contribution is 6.01. The van der Waals surface area contributed by atoms with Crippen LogP contribution in [0.1, 0.15) is 17.5 Å². The van der Waals surface area contributed by atoms with Gasteiger partial charge in [0.15, 0.2) is 0 Å². The Bertz CT molecular complexity index is 540. The standard InChI is InChI=1S/C12H8FNO2/c13-8-3-1-7-2-4-9(10(7)5-8)11(6-14)12(15)16/h1,3,5H,2,4H2,(H,15,16)/b11-9-. The van der Waals surface area contributed by atoms with Gasteiger partial charge in [0.2, 0.25) is 0 Å². The van der Waals surface area contributed by atoms with Gasteiger partial charge in [-0.3, -0.25) is 0 Å². The van der Waals surface area contributed by atoms with Crippen molar-refractivity contribution in [1.29, 1.82) is 5.26 Å². The zero-order chi connectivity index (χ0) is 11.7. The number of hydrogen-bond acceptors (Lipinski definition) is 2. The summed E-state index contributed by atoms with van der Waals surface area (Å²) >= 11 is 0. The molecule has 2 rings (SSSR count). The predicted molar refractivity (Wildman–Crippen MR) is 54.9 cm³/mol. The van der Waals surface area contributed by atoms with Gasteiger partial charge in [-0.1, -0.05) is 6.07 Å². The molecule has 1 N–H and O–H groups in total. The molecule has 4 heteroatoms. The fourth-order valence-electron chi connectivity index (χ4n) is 1.95. The number of nitriles is 1. The van der Waals surface area contributed by atoms with E-state index in [0.29, 0.717) is 24.0 Å². The third kappa shape index (κ3) is 1.57. The van der Waals surface area contributed by atoms with Gasteiger partial charge in [0, 0.05) is 0 Å². The van der Waals surface area contributed by atoms with Crippen molar-refractivity contribution in [3.8, 4) is 6.07 Å². The Balaban J connectivity index is 2.63. The molecule has 0 saturated carbocycles. The highest BCUT2D eigenvalue weighted by Crippen LogP contribution is 2.34. The van der Waals surface area contributed by atoms with Crippen molar-refractivity contribution in [3.05, 3.63) is 40.7 Å². The molecule has 0 heterocycles. The monoisotopic (exact) mass is 217 g/mol. The van der Waals surface area contributed by atoms with Crippen LogP contribution >= 0.6 is 0 Å². The maximum Gasteiger partial charge on any atom is 0.346 e. The van der Waals surface area contributed by atoms with Gasteiger partial charge in [-0.25, -0.2) is 9.18 Å². The Morgan fingerprint density at radius 3 is 2.81 bits per heavy atom. The van der Waals surface area contributed by atoms with Gasteiger partial charge in [0.25, 0.3) is 0 Å². The molecular formula is C12H8FNO2. The summed E-state index contributed by atoms with van der Waals surface area (Å²) in [6.07, 6.45) is 1.14. The molecule has 0 saturated heterocycles. The minimum Gasteiger partial charge on any atom is -0.477 e. The van der Waals surface area contributed by atoms with E-state index in [-0.39, 0.29) is 5.57 Å². The Morgan fingerprint density at radius 2 is 2.19 bits per heavy atom. The SMILES string of the molecule is N#C/C(C(=O)O)=C1\CCc2ccc(F)cc21. The molecule has 1 aromatic rings. The number of benzene rings is 1. The predicted octanol–water partition coefficient (Wildman–Crippen LogP) is 2.13. The van der Waals surface area contributed by atoms with Gasteiger partial charge in [0.1, 0.15) is 17.5 Å². The van der Waals surface area contributed by atoms with Crippen LogP contribution in [0.5, 0.6) is 0 Å². The normalized spacial score (nSPS) is 16.5. The summed E-state index contributed by atoms with van der Waals surface area (Å²) < 4.78 is 13.1. The largest absolute Gasteiger partial charge is 0.477 e. The second-order valence-electron chi connectivity index (χ2n) is 3.57. The van der Waals surface area contributed by atoms with E-state index in [1.165, 1.54) is 12.1 Å². The summed E-state index contributed by atoms with van der Waals surface area (Å²) in [6, 6.07) is 5.93. The van der Waals surface area contributed by atoms with Crippen LogP contribution in [0.4, 0.5) is 4.39 Å². The molecule has 1 aliphatic carbocycles. The van der Waals surface area contributed by atoms with E-state index in [0.717, 1.165) is 5.56 Å². The summed E-state index contributed by atoms with van der Waals surface area (Å²) in [4.78, 5) is 10.8. The van der Waals surface area contributed by atoms with Crippen LogP contribution in [-0.4, -0.2) is 11.1 Å². The first-order valence-corrected chi connectivity index (χ1v) is 4.79. The first kappa shape index (κ1) is 10.4. The van der Waals surface area contributed by atoms with Gasteiger partial charge in [-0.15, -0.1) is 0 Å².